The first-order chi connectivity index (χ1) is 17.6. The molecule has 4 saturated carbocycles. The molecule has 2 heterocycles. The molecular weight excluding hydrogens is 470 g/mol. The van der Waals surface area contributed by atoms with Gasteiger partial charge >= 0.3 is 5.97 Å². The Morgan fingerprint density at radius 1 is 1.05 bits per heavy atom. The first-order valence-electron chi connectivity index (χ1n) is 14.8. The number of methoxy groups -OCH3 is 1. The van der Waals surface area contributed by atoms with Crippen molar-refractivity contribution in [1.29, 1.82) is 0 Å². The lowest BCUT2D eigenvalue weighted by Crippen LogP contribution is -2.62. The van der Waals surface area contributed by atoms with Gasteiger partial charge < -0.3 is 29.8 Å². The van der Waals surface area contributed by atoms with Crippen molar-refractivity contribution in [2.75, 3.05) is 13.7 Å². The maximum absolute atomic E-state index is 12.4. The number of cyclic esters (lactones) is 1. The summed E-state index contributed by atoms with van der Waals surface area (Å²) in [5, 5.41) is 12.4. The summed E-state index contributed by atoms with van der Waals surface area (Å²) < 4.78 is 23.5. The largest absolute Gasteiger partial charge is 0.458 e. The molecule has 0 amide bonds. The van der Waals surface area contributed by atoms with Crippen LogP contribution in [0.2, 0.25) is 0 Å². The first kappa shape index (κ1) is 26.2. The van der Waals surface area contributed by atoms with Crippen LogP contribution < -0.4 is 5.73 Å². The van der Waals surface area contributed by atoms with E-state index in [1.807, 2.05) is 6.92 Å². The van der Waals surface area contributed by atoms with Gasteiger partial charge in [-0.15, -0.1) is 0 Å². The molecule has 6 rings (SSSR count). The average Bonchev–Trinajstić information content (AvgIpc) is 3.41. The molecule has 0 aromatic rings. The van der Waals surface area contributed by atoms with E-state index in [4.69, 9.17) is 24.7 Å². The van der Waals surface area contributed by atoms with E-state index in [2.05, 4.69) is 13.8 Å². The quantitative estimate of drug-likeness (QED) is 0.428. The Balaban J connectivity index is 1.15. The van der Waals surface area contributed by atoms with Gasteiger partial charge in [0, 0.05) is 25.0 Å². The van der Waals surface area contributed by atoms with Gasteiger partial charge in [0.05, 0.1) is 30.0 Å². The molecule has 1 saturated heterocycles. The van der Waals surface area contributed by atoms with Gasteiger partial charge in [0.25, 0.3) is 0 Å². The molecule has 0 bridgehead atoms. The molecule has 5 fully saturated rings. The number of rotatable bonds is 4. The van der Waals surface area contributed by atoms with Crippen molar-refractivity contribution in [3.05, 3.63) is 11.6 Å². The molecule has 6 aliphatic rings. The van der Waals surface area contributed by atoms with Gasteiger partial charge in [0.2, 0.25) is 0 Å². The van der Waals surface area contributed by atoms with Crippen molar-refractivity contribution in [2.45, 2.75) is 121 Å². The predicted molar refractivity (Wildman–Crippen MR) is 138 cm³/mol. The van der Waals surface area contributed by atoms with E-state index in [-0.39, 0.29) is 53.4 Å². The fraction of sp³-hybridized carbons (Fsp3) is 0.900. The molecule has 4 unspecified atom stereocenters. The monoisotopic (exact) mass is 517 g/mol. The first-order valence-corrected chi connectivity index (χ1v) is 14.8. The molecule has 7 nitrogen and oxygen atoms in total. The van der Waals surface area contributed by atoms with Crippen LogP contribution in [0.4, 0.5) is 0 Å². The summed E-state index contributed by atoms with van der Waals surface area (Å²) in [5.74, 6) is 1.52. The highest BCUT2D eigenvalue weighted by Gasteiger charge is 2.67. The maximum Gasteiger partial charge on any atom is 0.331 e. The zero-order chi connectivity index (χ0) is 26.2. The summed E-state index contributed by atoms with van der Waals surface area (Å²) >= 11 is 0. The van der Waals surface area contributed by atoms with Gasteiger partial charge in [0.1, 0.15) is 6.61 Å². The molecule has 7 heteroatoms. The Morgan fingerprint density at radius 2 is 1.86 bits per heavy atom. The Kier molecular flexibility index (Phi) is 6.59. The minimum atomic E-state index is -0.658. The Morgan fingerprint density at radius 3 is 2.59 bits per heavy atom. The summed E-state index contributed by atoms with van der Waals surface area (Å²) in [6.45, 7) is 7.22. The number of fused-ring (bicyclic) bond motifs is 5. The van der Waals surface area contributed by atoms with Crippen molar-refractivity contribution in [2.24, 2.45) is 40.2 Å². The lowest BCUT2D eigenvalue weighted by molar-refractivity contribution is -0.254. The van der Waals surface area contributed by atoms with Gasteiger partial charge in [-0.25, -0.2) is 4.79 Å². The second-order valence-electron chi connectivity index (χ2n) is 13.7. The highest BCUT2D eigenvalue weighted by Crippen LogP contribution is 2.70. The SMILES string of the molecule is CO[C@@H]1C[C@H](O[C@H]2CC[C@@]3(C)C(CCC4C3CC[C@]3(C)C(C5=CC(=O)OC5)CC[C@]43O)C2)O[C@@H](C)[C@@H]1N. The Bertz CT molecular complexity index is 939. The summed E-state index contributed by atoms with van der Waals surface area (Å²) in [7, 11) is 1.72. The van der Waals surface area contributed by atoms with Gasteiger partial charge in [-0.2, -0.15) is 0 Å². The van der Waals surface area contributed by atoms with Crippen LogP contribution in [-0.2, 0) is 23.7 Å². The minimum Gasteiger partial charge on any atom is -0.458 e. The van der Waals surface area contributed by atoms with Crippen molar-refractivity contribution >= 4 is 5.97 Å². The molecule has 4 aliphatic carbocycles. The predicted octanol–water partition coefficient (Wildman–Crippen LogP) is 4.11. The van der Waals surface area contributed by atoms with Crippen LogP contribution in [0, 0.1) is 34.5 Å². The van der Waals surface area contributed by atoms with Crippen LogP contribution >= 0.6 is 0 Å². The number of nitrogens with two attached hydrogens (primary N) is 1. The number of hydrogen-bond donors (Lipinski definition) is 2. The van der Waals surface area contributed by atoms with E-state index in [1.54, 1.807) is 13.2 Å². The zero-order valence-corrected chi connectivity index (χ0v) is 23.1. The maximum atomic E-state index is 12.4. The smallest absolute Gasteiger partial charge is 0.331 e. The van der Waals surface area contributed by atoms with Crippen LogP contribution in [0.1, 0.15) is 85.0 Å². The summed E-state index contributed by atoms with van der Waals surface area (Å²) in [6, 6.07) is -0.120. The Labute approximate surface area is 221 Å². The van der Waals surface area contributed by atoms with Gasteiger partial charge in [-0.3, -0.25) is 0 Å². The molecule has 208 valence electrons. The van der Waals surface area contributed by atoms with Crippen molar-refractivity contribution in [3.8, 4) is 0 Å². The molecule has 2 aliphatic heterocycles. The zero-order valence-electron chi connectivity index (χ0n) is 23.1. The summed E-state index contributed by atoms with van der Waals surface area (Å²) in [4.78, 5) is 11.8. The van der Waals surface area contributed by atoms with E-state index in [0.717, 1.165) is 63.4 Å². The molecule has 0 aromatic carbocycles. The molecule has 37 heavy (non-hydrogen) atoms. The van der Waals surface area contributed by atoms with Crippen LogP contribution in [0.25, 0.3) is 0 Å². The minimum absolute atomic E-state index is 0.0322. The molecule has 0 radical (unpaired) electrons. The standard InChI is InChI=1S/C30H47NO6/c1-17-27(31)24(34-4)15-26(36-17)37-20-7-10-28(2)19(14-20)5-6-23-22(28)8-11-29(3)21(9-12-30(23,29)33)18-13-25(32)35-16-18/h13,17,19-24,26-27,33H,5-12,14-16,31H2,1-4H3/t17-,19?,20-,21?,22?,23?,24+,26-,27-,28-,29+,30-/m0/s1. The number of carbonyl (C=O) groups excluding carboxylic acids is 1. The fourth-order valence-corrected chi connectivity index (χ4v) is 10.1. The van der Waals surface area contributed by atoms with E-state index in [9.17, 15) is 9.90 Å². The third-order valence-corrected chi connectivity index (χ3v) is 12.3. The lowest BCUT2D eigenvalue weighted by atomic mass is 9.43. The average molecular weight is 518 g/mol. The van der Waals surface area contributed by atoms with Gasteiger partial charge in [-0.05, 0) is 99.4 Å². The van der Waals surface area contributed by atoms with E-state index >= 15 is 0 Å². The number of aliphatic hydroxyl groups is 1. The van der Waals surface area contributed by atoms with Crippen LogP contribution in [0.3, 0.4) is 0 Å². The second-order valence-corrected chi connectivity index (χ2v) is 13.7. The highest BCUT2D eigenvalue weighted by atomic mass is 16.7. The number of ether oxygens (including phenoxy) is 4. The topological polar surface area (TPSA) is 100 Å². The van der Waals surface area contributed by atoms with E-state index in [0.29, 0.717) is 30.8 Å². The van der Waals surface area contributed by atoms with E-state index < -0.39 is 5.60 Å². The van der Waals surface area contributed by atoms with Crippen LogP contribution in [-0.4, -0.2) is 61.0 Å². The van der Waals surface area contributed by atoms with Crippen LogP contribution in [0.15, 0.2) is 11.6 Å². The molecule has 0 spiro atoms. The highest BCUT2D eigenvalue weighted by molar-refractivity contribution is 5.85. The normalized spacial score (nSPS) is 53.6. The van der Waals surface area contributed by atoms with Crippen molar-refractivity contribution < 1.29 is 28.8 Å². The van der Waals surface area contributed by atoms with E-state index in [1.165, 1.54) is 0 Å². The Hall–Kier alpha value is -0.990. The van der Waals surface area contributed by atoms with Crippen molar-refractivity contribution in [3.63, 3.8) is 0 Å². The van der Waals surface area contributed by atoms with Gasteiger partial charge in [-0.1, -0.05) is 13.8 Å². The van der Waals surface area contributed by atoms with Crippen LogP contribution in [0.5, 0.6) is 0 Å². The number of hydrogen-bond acceptors (Lipinski definition) is 7. The third kappa shape index (κ3) is 3.97. The van der Waals surface area contributed by atoms with Crippen molar-refractivity contribution in [1.82, 2.24) is 0 Å². The third-order valence-electron chi connectivity index (χ3n) is 12.3. The molecule has 0 aromatic heterocycles. The number of carbonyl (C=O) groups is 1. The summed E-state index contributed by atoms with van der Waals surface area (Å²) in [6.07, 6.45) is 11.7. The molecular formula is C30H47NO6. The summed E-state index contributed by atoms with van der Waals surface area (Å²) in [5.41, 5.74) is 6.76. The lowest BCUT2D eigenvalue weighted by Gasteiger charge is -2.64. The molecule has 3 N–H and O–H groups in total. The fourth-order valence-electron chi connectivity index (χ4n) is 10.1. The second kappa shape index (κ2) is 9.29. The van der Waals surface area contributed by atoms with Gasteiger partial charge in [0.15, 0.2) is 6.29 Å². The molecule has 12 atom stereocenters. The number of esters is 1.